The van der Waals surface area contributed by atoms with Gasteiger partial charge in [-0.25, -0.2) is 4.84 Å². The van der Waals surface area contributed by atoms with Gasteiger partial charge in [0.1, 0.15) is 0 Å². The number of rotatable bonds is 1. The molecular weight excluding hydrogens is 218 g/mol. The monoisotopic (exact) mass is 239 g/mol. The van der Waals surface area contributed by atoms with E-state index in [4.69, 9.17) is 14.4 Å². The van der Waals surface area contributed by atoms with Crippen molar-refractivity contribution in [1.82, 2.24) is 5.23 Å². The zero-order valence-corrected chi connectivity index (χ0v) is 10.6. The van der Waals surface area contributed by atoms with E-state index in [9.17, 15) is 0 Å². The van der Waals surface area contributed by atoms with Crippen molar-refractivity contribution in [2.24, 2.45) is 23.7 Å². The lowest BCUT2D eigenvalue weighted by Crippen LogP contribution is -2.66. The zero-order valence-electron chi connectivity index (χ0n) is 10.6. The molecule has 4 nitrogen and oxygen atoms in total. The summed E-state index contributed by atoms with van der Waals surface area (Å²) >= 11 is 0. The molecule has 4 heteroatoms. The van der Waals surface area contributed by atoms with Crippen LogP contribution in [0.1, 0.15) is 32.6 Å². The van der Waals surface area contributed by atoms with Crippen molar-refractivity contribution < 1.29 is 14.4 Å². The maximum absolute atomic E-state index is 5.92. The minimum atomic E-state index is -0.0996. The van der Waals surface area contributed by atoms with E-state index < -0.39 is 0 Å². The van der Waals surface area contributed by atoms with E-state index >= 15 is 0 Å². The van der Waals surface area contributed by atoms with E-state index in [1.54, 1.807) is 12.3 Å². The van der Waals surface area contributed by atoms with E-state index in [0.29, 0.717) is 17.8 Å². The molecule has 4 bridgehead atoms. The fourth-order valence-electron chi connectivity index (χ4n) is 4.92. The third-order valence-corrected chi connectivity index (χ3v) is 5.80. The normalized spacial score (nSPS) is 57.2. The summed E-state index contributed by atoms with van der Waals surface area (Å²) in [5, 5.41) is 1.79. The summed E-state index contributed by atoms with van der Waals surface area (Å²) in [6.07, 6.45) is 5.20. The highest BCUT2D eigenvalue weighted by atomic mass is 17.0. The number of methoxy groups -OCH3 is 1. The van der Waals surface area contributed by atoms with E-state index in [0.717, 1.165) is 12.5 Å². The maximum Gasteiger partial charge on any atom is 0.183 e. The lowest BCUT2D eigenvalue weighted by atomic mass is 9.53. The molecule has 0 aromatic rings. The number of nitrogens with zero attached hydrogens (tertiary/aromatic N) is 1. The zero-order chi connectivity index (χ0) is 11.6. The molecule has 17 heavy (non-hydrogen) atoms. The molecule has 0 amide bonds. The second-order valence-electron chi connectivity index (χ2n) is 6.30. The first-order valence-corrected chi connectivity index (χ1v) is 6.88. The standard InChI is InChI=1S/C13H21NO3/c1-13-9-6-8-4-3-5-10(13)11(8)12(15-2)17-14(13)16-7-9/h8-12H,3-7H2,1-2H3/t8-,9+,10-,11?,12+,13-/m0/s1. The van der Waals surface area contributed by atoms with Crippen molar-refractivity contribution >= 4 is 0 Å². The first-order valence-electron chi connectivity index (χ1n) is 6.88. The number of hydrogen-bond donors (Lipinski definition) is 0. The Balaban J connectivity index is 1.79. The SMILES string of the molecule is CO[C@@H]1ON2OC[C@H]3C[C@@H]4CCC[C@@H](C41)[C@]32C. The molecule has 0 aromatic heterocycles. The van der Waals surface area contributed by atoms with Crippen molar-refractivity contribution in [3.8, 4) is 0 Å². The van der Waals surface area contributed by atoms with Gasteiger partial charge >= 0.3 is 0 Å². The van der Waals surface area contributed by atoms with Crippen molar-refractivity contribution in [3.05, 3.63) is 0 Å². The Kier molecular flexibility index (Phi) is 2.17. The molecule has 0 radical (unpaired) electrons. The Morgan fingerprint density at radius 2 is 2.24 bits per heavy atom. The van der Waals surface area contributed by atoms with Crippen LogP contribution in [0.2, 0.25) is 0 Å². The van der Waals surface area contributed by atoms with Crippen LogP contribution in [0.25, 0.3) is 0 Å². The molecule has 2 saturated carbocycles. The van der Waals surface area contributed by atoms with Crippen LogP contribution in [-0.4, -0.2) is 30.8 Å². The Labute approximate surface area is 102 Å². The van der Waals surface area contributed by atoms with Crippen molar-refractivity contribution in [2.45, 2.75) is 44.4 Å². The molecule has 6 atom stereocenters. The second-order valence-corrected chi connectivity index (χ2v) is 6.30. The maximum atomic E-state index is 5.92. The molecule has 2 aliphatic carbocycles. The third kappa shape index (κ3) is 1.17. The van der Waals surface area contributed by atoms with E-state index in [2.05, 4.69) is 6.92 Å². The van der Waals surface area contributed by atoms with Gasteiger partial charge in [-0.05, 0) is 38.0 Å². The minimum absolute atomic E-state index is 0.0939. The van der Waals surface area contributed by atoms with Crippen LogP contribution in [0.5, 0.6) is 0 Å². The number of hydroxylamine groups is 2. The van der Waals surface area contributed by atoms with Gasteiger partial charge in [0.05, 0.1) is 12.1 Å². The molecule has 2 aliphatic heterocycles. The Morgan fingerprint density at radius 1 is 1.35 bits per heavy atom. The third-order valence-electron chi connectivity index (χ3n) is 5.80. The van der Waals surface area contributed by atoms with Crippen molar-refractivity contribution in [2.75, 3.05) is 13.7 Å². The highest BCUT2D eigenvalue weighted by Crippen LogP contribution is 2.60. The van der Waals surface area contributed by atoms with Gasteiger partial charge in [-0.2, -0.15) is 0 Å². The predicted octanol–water partition coefficient (Wildman–Crippen LogP) is 1.96. The molecule has 4 rings (SSSR count). The summed E-state index contributed by atoms with van der Waals surface area (Å²) in [6.45, 7) is 3.16. The van der Waals surface area contributed by atoms with E-state index in [-0.39, 0.29) is 11.8 Å². The molecule has 96 valence electrons. The molecule has 0 spiro atoms. The highest BCUT2D eigenvalue weighted by Gasteiger charge is 2.65. The second kappa shape index (κ2) is 3.44. The first kappa shape index (κ1) is 10.7. The first-order chi connectivity index (χ1) is 8.25. The summed E-state index contributed by atoms with van der Waals surface area (Å²) in [6, 6.07) is 0. The minimum Gasteiger partial charge on any atom is -0.354 e. The lowest BCUT2D eigenvalue weighted by Gasteiger charge is -2.59. The van der Waals surface area contributed by atoms with Gasteiger partial charge in [0.15, 0.2) is 6.29 Å². The molecule has 4 aliphatic rings. The summed E-state index contributed by atoms with van der Waals surface area (Å²) in [5.74, 6) is 2.68. The van der Waals surface area contributed by atoms with Gasteiger partial charge in [-0.1, -0.05) is 11.6 Å². The largest absolute Gasteiger partial charge is 0.354 e. The average molecular weight is 239 g/mol. The summed E-state index contributed by atoms with van der Waals surface area (Å²) in [7, 11) is 1.76. The van der Waals surface area contributed by atoms with E-state index in [1.165, 1.54) is 25.7 Å². The van der Waals surface area contributed by atoms with Crippen LogP contribution in [0.15, 0.2) is 0 Å². The molecule has 2 saturated heterocycles. The van der Waals surface area contributed by atoms with Gasteiger partial charge in [-0.3, -0.25) is 4.84 Å². The quantitative estimate of drug-likeness (QED) is 0.700. The van der Waals surface area contributed by atoms with Crippen LogP contribution in [-0.2, 0) is 14.4 Å². The van der Waals surface area contributed by atoms with Gasteiger partial charge in [0.25, 0.3) is 0 Å². The number of hydrogen-bond acceptors (Lipinski definition) is 4. The van der Waals surface area contributed by atoms with Crippen LogP contribution >= 0.6 is 0 Å². The summed E-state index contributed by atoms with van der Waals surface area (Å²) < 4.78 is 5.56. The highest BCUT2D eigenvalue weighted by molar-refractivity contribution is 5.09. The van der Waals surface area contributed by atoms with Crippen LogP contribution in [0, 0.1) is 23.7 Å². The molecule has 0 aromatic carbocycles. The van der Waals surface area contributed by atoms with Crippen LogP contribution in [0.4, 0.5) is 0 Å². The van der Waals surface area contributed by atoms with Crippen molar-refractivity contribution in [3.63, 3.8) is 0 Å². The number of ether oxygens (including phenoxy) is 1. The van der Waals surface area contributed by atoms with Crippen LogP contribution in [0.3, 0.4) is 0 Å². The smallest absolute Gasteiger partial charge is 0.183 e. The Hall–Kier alpha value is -0.160. The van der Waals surface area contributed by atoms with Gasteiger partial charge in [-0.15, -0.1) is 0 Å². The molecular formula is C13H21NO3. The van der Waals surface area contributed by atoms with E-state index in [1.807, 2.05) is 0 Å². The van der Waals surface area contributed by atoms with Gasteiger partial charge < -0.3 is 4.74 Å². The van der Waals surface area contributed by atoms with Gasteiger partial charge in [0.2, 0.25) is 0 Å². The predicted molar refractivity (Wildman–Crippen MR) is 60.5 cm³/mol. The fraction of sp³-hybridized carbons (Fsp3) is 1.00. The average Bonchev–Trinajstić information content (AvgIpc) is 2.69. The molecule has 1 unspecified atom stereocenters. The summed E-state index contributed by atoms with van der Waals surface area (Å²) in [5.41, 5.74) is 0.0939. The lowest BCUT2D eigenvalue weighted by molar-refractivity contribution is -0.476. The molecule has 0 N–H and O–H groups in total. The molecule has 4 fully saturated rings. The summed E-state index contributed by atoms with van der Waals surface area (Å²) in [4.78, 5) is 11.7. The van der Waals surface area contributed by atoms with Crippen LogP contribution < -0.4 is 0 Å². The Bertz CT molecular complexity index is 333. The van der Waals surface area contributed by atoms with Crippen molar-refractivity contribution in [1.29, 1.82) is 0 Å². The Morgan fingerprint density at radius 3 is 3.06 bits per heavy atom. The van der Waals surface area contributed by atoms with Gasteiger partial charge in [0, 0.05) is 18.9 Å². The molecule has 2 heterocycles. The fourth-order valence-corrected chi connectivity index (χ4v) is 4.92. The topological polar surface area (TPSA) is 30.9 Å².